The van der Waals surface area contributed by atoms with Crippen molar-refractivity contribution in [1.82, 2.24) is 24.4 Å². The van der Waals surface area contributed by atoms with Gasteiger partial charge in [0, 0.05) is 68.3 Å². The number of aromatic nitrogens is 4. The van der Waals surface area contributed by atoms with Gasteiger partial charge in [0.1, 0.15) is 22.7 Å². The standard InChI is InChI=1S/C28H28FN7O3/c1-30-21-9-15(29)8-17-22-24(36-6-5-16(12-36)34(2)3)19(11-31-26(22)33-23(17)21)14-7-18-25(37)20(28(38)39)13-35(4)27(18)32-10-14/h7-11,13,16,30H,5-6,12H2,1-4H3,(H,31,33)(H,38,39)/t16-/m1/s1. The van der Waals surface area contributed by atoms with E-state index >= 15 is 0 Å². The number of carboxylic acids is 1. The minimum atomic E-state index is -1.29. The number of aromatic amines is 1. The lowest BCUT2D eigenvalue weighted by atomic mass is 10.0. The molecule has 0 aliphatic carbocycles. The molecule has 0 radical (unpaired) electrons. The molecule has 39 heavy (non-hydrogen) atoms. The first-order chi connectivity index (χ1) is 18.7. The van der Waals surface area contributed by atoms with Crippen LogP contribution >= 0.6 is 0 Å². The van der Waals surface area contributed by atoms with Crippen LogP contribution in [0.25, 0.3) is 44.1 Å². The van der Waals surface area contributed by atoms with Gasteiger partial charge in [0.15, 0.2) is 0 Å². The lowest BCUT2D eigenvalue weighted by Crippen LogP contribution is -2.31. The predicted octanol–water partition coefficient (Wildman–Crippen LogP) is 3.65. The topological polar surface area (TPSA) is 119 Å². The maximum Gasteiger partial charge on any atom is 0.341 e. The fourth-order valence-electron chi connectivity index (χ4n) is 5.68. The molecule has 1 aliphatic heterocycles. The number of nitrogens with one attached hydrogen (secondary N) is 2. The van der Waals surface area contributed by atoms with E-state index in [0.717, 1.165) is 41.7 Å². The Labute approximate surface area is 222 Å². The van der Waals surface area contributed by atoms with Gasteiger partial charge in [-0.3, -0.25) is 4.79 Å². The number of aryl methyl sites for hydroxylation is 1. The minimum absolute atomic E-state index is 0.205. The fourth-order valence-corrected chi connectivity index (χ4v) is 5.68. The maximum atomic E-state index is 14.8. The van der Waals surface area contributed by atoms with Crippen LogP contribution in [0.3, 0.4) is 0 Å². The largest absolute Gasteiger partial charge is 0.477 e. The SMILES string of the molecule is CNc1cc(F)cc2c1[nH]c1ncc(-c3cnc4c(c3)c(=O)c(C(=O)O)cn4C)c(N3CC[C@@H](N(C)C)C3)c12. The number of H-pyrrole nitrogens is 1. The Bertz CT molecular complexity index is 1860. The number of hydrogen-bond acceptors (Lipinski definition) is 7. The van der Waals surface area contributed by atoms with Gasteiger partial charge in [0.25, 0.3) is 0 Å². The molecule has 0 amide bonds. The van der Waals surface area contributed by atoms with E-state index in [0.29, 0.717) is 34.0 Å². The van der Waals surface area contributed by atoms with Crippen molar-refractivity contribution in [3.63, 3.8) is 0 Å². The number of carbonyl (C=O) groups is 1. The van der Waals surface area contributed by atoms with Gasteiger partial charge >= 0.3 is 5.97 Å². The number of likely N-dealkylation sites (N-methyl/N-ethyl adjacent to an activating group) is 1. The summed E-state index contributed by atoms with van der Waals surface area (Å²) in [6.45, 7) is 1.54. The highest BCUT2D eigenvalue weighted by Crippen LogP contribution is 2.43. The zero-order valence-electron chi connectivity index (χ0n) is 22.0. The number of fused-ring (bicyclic) bond motifs is 4. The van der Waals surface area contributed by atoms with Crippen molar-refractivity contribution in [2.24, 2.45) is 7.05 Å². The summed E-state index contributed by atoms with van der Waals surface area (Å²) in [5, 5.41) is 14.3. The highest BCUT2D eigenvalue weighted by atomic mass is 19.1. The van der Waals surface area contributed by atoms with Crippen LogP contribution in [0.2, 0.25) is 0 Å². The second-order valence-electron chi connectivity index (χ2n) is 10.2. The summed E-state index contributed by atoms with van der Waals surface area (Å²) in [6, 6.07) is 4.96. The van der Waals surface area contributed by atoms with E-state index in [1.54, 1.807) is 32.6 Å². The molecular formula is C28H28FN7O3. The summed E-state index contributed by atoms with van der Waals surface area (Å²) in [6.07, 6.45) is 5.64. The van der Waals surface area contributed by atoms with E-state index in [-0.39, 0.29) is 16.8 Å². The highest BCUT2D eigenvalue weighted by Gasteiger charge is 2.29. The Morgan fingerprint density at radius 3 is 2.69 bits per heavy atom. The van der Waals surface area contributed by atoms with Gasteiger partial charge < -0.3 is 29.8 Å². The zero-order chi connectivity index (χ0) is 27.6. The van der Waals surface area contributed by atoms with Crippen molar-refractivity contribution in [3.05, 3.63) is 58.4 Å². The molecular weight excluding hydrogens is 501 g/mol. The second-order valence-corrected chi connectivity index (χ2v) is 10.2. The van der Waals surface area contributed by atoms with Crippen LogP contribution in [0, 0.1) is 5.82 Å². The number of pyridine rings is 3. The lowest BCUT2D eigenvalue weighted by Gasteiger charge is -2.25. The van der Waals surface area contributed by atoms with Gasteiger partial charge in [-0.05, 0) is 38.7 Å². The molecule has 0 unspecified atom stereocenters. The molecule has 200 valence electrons. The molecule has 4 aromatic heterocycles. The van der Waals surface area contributed by atoms with Crippen molar-refractivity contribution in [2.75, 3.05) is 44.4 Å². The third kappa shape index (κ3) is 3.88. The summed E-state index contributed by atoms with van der Waals surface area (Å²) in [4.78, 5) is 41.9. The van der Waals surface area contributed by atoms with Crippen LogP contribution in [-0.4, -0.2) is 75.8 Å². The zero-order valence-corrected chi connectivity index (χ0v) is 22.0. The summed E-state index contributed by atoms with van der Waals surface area (Å²) in [5.41, 5.74) is 3.69. The van der Waals surface area contributed by atoms with Gasteiger partial charge in [-0.15, -0.1) is 0 Å². The van der Waals surface area contributed by atoms with Crippen LogP contribution < -0.4 is 15.6 Å². The van der Waals surface area contributed by atoms with E-state index in [2.05, 4.69) is 39.2 Å². The summed E-state index contributed by atoms with van der Waals surface area (Å²) in [5.74, 6) is -1.66. The van der Waals surface area contributed by atoms with E-state index in [9.17, 15) is 19.1 Å². The number of benzene rings is 1. The van der Waals surface area contributed by atoms with Crippen molar-refractivity contribution in [1.29, 1.82) is 0 Å². The second kappa shape index (κ2) is 9.05. The molecule has 5 aromatic rings. The normalized spacial score (nSPS) is 15.7. The molecule has 0 saturated carbocycles. The molecule has 1 saturated heterocycles. The van der Waals surface area contributed by atoms with E-state index in [4.69, 9.17) is 4.98 Å². The van der Waals surface area contributed by atoms with Crippen LogP contribution in [0.1, 0.15) is 16.8 Å². The first-order valence-electron chi connectivity index (χ1n) is 12.6. The molecule has 1 fully saturated rings. The number of nitrogens with zero attached hydrogens (tertiary/aromatic N) is 5. The van der Waals surface area contributed by atoms with Crippen molar-refractivity contribution < 1.29 is 14.3 Å². The third-order valence-electron chi connectivity index (χ3n) is 7.70. The summed E-state index contributed by atoms with van der Waals surface area (Å²) >= 11 is 0. The van der Waals surface area contributed by atoms with Crippen LogP contribution in [-0.2, 0) is 7.05 Å². The van der Waals surface area contributed by atoms with Gasteiger partial charge in [0.05, 0.1) is 27.7 Å². The smallest absolute Gasteiger partial charge is 0.341 e. The molecule has 6 rings (SSSR count). The molecule has 11 heteroatoms. The third-order valence-corrected chi connectivity index (χ3v) is 7.70. The monoisotopic (exact) mass is 529 g/mol. The molecule has 10 nitrogen and oxygen atoms in total. The first kappa shape index (κ1) is 24.8. The number of rotatable bonds is 5. The quantitative estimate of drug-likeness (QED) is 0.316. The van der Waals surface area contributed by atoms with Crippen LogP contribution in [0.15, 0.2) is 41.6 Å². The Hall–Kier alpha value is -4.51. The highest BCUT2D eigenvalue weighted by molar-refractivity contribution is 6.18. The number of anilines is 2. The minimum Gasteiger partial charge on any atom is -0.477 e. The number of aromatic carboxylic acids is 1. The first-order valence-corrected chi connectivity index (χ1v) is 12.6. The van der Waals surface area contributed by atoms with Gasteiger partial charge in [0.2, 0.25) is 5.43 Å². The molecule has 0 bridgehead atoms. The molecule has 1 aromatic carbocycles. The van der Waals surface area contributed by atoms with Crippen molar-refractivity contribution in [2.45, 2.75) is 12.5 Å². The molecule has 1 aliphatic rings. The van der Waals surface area contributed by atoms with Crippen molar-refractivity contribution in [3.8, 4) is 11.1 Å². The van der Waals surface area contributed by atoms with Crippen molar-refractivity contribution >= 4 is 50.3 Å². The molecule has 3 N–H and O–H groups in total. The van der Waals surface area contributed by atoms with Crippen LogP contribution in [0.5, 0.6) is 0 Å². The predicted molar refractivity (Wildman–Crippen MR) is 150 cm³/mol. The van der Waals surface area contributed by atoms with Gasteiger partial charge in [-0.1, -0.05) is 0 Å². The molecule has 0 spiro atoms. The average Bonchev–Trinajstić information content (AvgIpc) is 3.55. The van der Waals surface area contributed by atoms with Crippen LogP contribution in [0.4, 0.5) is 15.8 Å². The summed E-state index contributed by atoms with van der Waals surface area (Å²) in [7, 11) is 7.51. The van der Waals surface area contributed by atoms with Gasteiger partial charge in [-0.2, -0.15) is 0 Å². The maximum absolute atomic E-state index is 14.8. The summed E-state index contributed by atoms with van der Waals surface area (Å²) < 4.78 is 16.3. The number of halogens is 1. The lowest BCUT2D eigenvalue weighted by molar-refractivity contribution is 0.0695. The molecule has 5 heterocycles. The number of hydrogen-bond donors (Lipinski definition) is 3. The van der Waals surface area contributed by atoms with E-state index in [1.807, 2.05) is 0 Å². The van der Waals surface area contributed by atoms with E-state index in [1.165, 1.54) is 22.9 Å². The molecule has 1 atom stereocenters. The Morgan fingerprint density at radius 2 is 2.00 bits per heavy atom. The fraction of sp³-hybridized carbons (Fsp3) is 0.286. The number of carboxylic acid groups (broad SMARTS) is 1. The van der Waals surface area contributed by atoms with E-state index < -0.39 is 11.4 Å². The Morgan fingerprint density at radius 1 is 1.21 bits per heavy atom. The Kier molecular flexibility index (Phi) is 5.76. The Balaban J connectivity index is 1.67. The average molecular weight is 530 g/mol. The van der Waals surface area contributed by atoms with Gasteiger partial charge in [-0.25, -0.2) is 19.2 Å².